The Balaban J connectivity index is 2.02. The van der Waals surface area contributed by atoms with Crippen LogP contribution in [0.5, 0.6) is 0 Å². The van der Waals surface area contributed by atoms with Gasteiger partial charge in [-0.05, 0) is 44.2 Å². The fourth-order valence-corrected chi connectivity index (χ4v) is 4.07. The number of carbonyl (C=O) groups excluding carboxylic acids is 2. The minimum atomic E-state index is -0.900. The van der Waals surface area contributed by atoms with Crippen molar-refractivity contribution in [2.45, 2.75) is 49.7 Å². The molecule has 0 bridgehead atoms. The molecule has 2 unspecified atom stereocenters. The molecule has 1 aliphatic heterocycles. The van der Waals surface area contributed by atoms with Crippen molar-refractivity contribution in [3.8, 4) is 0 Å². The Morgan fingerprint density at radius 3 is 2.78 bits per heavy atom. The predicted octanol–water partition coefficient (Wildman–Crippen LogP) is 3.02. The number of nitrogens with zero attached hydrogens (tertiary/aromatic N) is 1. The summed E-state index contributed by atoms with van der Waals surface area (Å²) in [6.45, 7) is 5.48. The van der Waals surface area contributed by atoms with Crippen LogP contribution < -0.4 is 5.32 Å². The summed E-state index contributed by atoms with van der Waals surface area (Å²) in [5, 5.41) is 11.5. The van der Waals surface area contributed by atoms with E-state index in [4.69, 9.17) is 5.11 Å². The normalized spacial score (nSPS) is 18.0. The van der Waals surface area contributed by atoms with Gasteiger partial charge in [-0.25, -0.2) is 0 Å². The number of nitrogens with one attached hydrogen (secondary N) is 1. The maximum atomic E-state index is 13.0. The highest BCUT2D eigenvalue weighted by Crippen LogP contribution is 2.29. The molecule has 27 heavy (non-hydrogen) atoms. The van der Waals surface area contributed by atoms with E-state index >= 15 is 0 Å². The van der Waals surface area contributed by atoms with Crippen molar-refractivity contribution in [1.82, 2.24) is 10.2 Å². The maximum Gasteiger partial charge on any atom is 0.316 e. The van der Waals surface area contributed by atoms with E-state index in [2.05, 4.69) is 5.32 Å². The largest absolute Gasteiger partial charge is 0.480 e. The van der Waals surface area contributed by atoms with Gasteiger partial charge in [-0.15, -0.1) is 11.8 Å². The molecular formula is C20H28N2O4S. The first kappa shape index (κ1) is 21.3. The van der Waals surface area contributed by atoms with Gasteiger partial charge in [-0.1, -0.05) is 19.1 Å². The van der Waals surface area contributed by atoms with E-state index in [9.17, 15) is 14.4 Å². The van der Waals surface area contributed by atoms with Crippen LogP contribution in [0.2, 0.25) is 0 Å². The Labute approximate surface area is 164 Å². The van der Waals surface area contributed by atoms with Crippen LogP contribution in [-0.4, -0.2) is 52.7 Å². The third kappa shape index (κ3) is 6.27. The van der Waals surface area contributed by atoms with Crippen LogP contribution in [0.25, 0.3) is 0 Å². The molecule has 148 valence electrons. The van der Waals surface area contributed by atoms with Gasteiger partial charge in [0.25, 0.3) is 5.91 Å². The van der Waals surface area contributed by atoms with Gasteiger partial charge in [0.15, 0.2) is 0 Å². The van der Waals surface area contributed by atoms with Crippen molar-refractivity contribution >= 4 is 29.5 Å². The number of amides is 2. The lowest BCUT2D eigenvalue weighted by atomic mass is 9.97. The number of carboxylic acids is 1. The summed E-state index contributed by atoms with van der Waals surface area (Å²) in [4.78, 5) is 38.4. The lowest BCUT2D eigenvalue weighted by Gasteiger charge is -2.33. The topological polar surface area (TPSA) is 86.7 Å². The zero-order valence-electron chi connectivity index (χ0n) is 15.9. The van der Waals surface area contributed by atoms with Gasteiger partial charge in [0, 0.05) is 31.0 Å². The molecular weight excluding hydrogens is 364 g/mol. The lowest BCUT2D eigenvalue weighted by molar-refractivity contribution is -0.136. The molecule has 1 aromatic rings. The average molecular weight is 393 g/mol. The number of carboxylic acid groups (broad SMARTS) is 1. The molecule has 7 heteroatoms. The highest BCUT2D eigenvalue weighted by Gasteiger charge is 2.27. The van der Waals surface area contributed by atoms with E-state index in [-0.39, 0.29) is 17.7 Å². The molecule has 2 amide bonds. The summed E-state index contributed by atoms with van der Waals surface area (Å²) >= 11 is 1.19. The number of piperidine rings is 1. The van der Waals surface area contributed by atoms with Crippen molar-refractivity contribution in [3.05, 3.63) is 29.8 Å². The van der Waals surface area contributed by atoms with Crippen molar-refractivity contribution in [2.75, 3.05) is 19.6 Å². The van der Waals surface area contributed by atoms with Crippen molar-refractivity contribution < 1.29 is 19.5 Å². The van der Waals surface area contributed by atoms with Gasteiger partial charge >= 0.3 is 5.97 Å². The van der Waals surface area contributed by atoms with Gasteiger partial charge in [0.2, 0.25) is 5.91 Å². The second-order valence-electron chi connectivity index (χ2n) is 6.91. The molecule has 0 aliphatic carbocycles. The van der Waals surface area contributed by atoms with Gasteiger partial charge in [-0.3, -0.25) is 14.4 Å². The Bertz CT molecular complexity index is 680. The van der Waals surface area contributed by atoms with Gasteiger partial charge in [-0.2, -0.15) is 0 Å². The Kier molecular flexibility index (Phi) is 8.16. The highest BCUT2D eigenvalue weighted by atomic mass is 32.2. The second-order valence-corrected chi connectivity index (χ2v) is 8.29. The second kappa shape index (κ2) is 10.3. The van der Waals surface area contributed by atoms with Crippen LogP contribution in [0.3, 0.4) is 0 Å². The summed E-state index contributed by atoms with van der Waals surface area (Å²) in [7, 11) is 0. The molecule has 2 rings (SSSR count). The molecule has 2 atom stereocenters. The highest BCUT2D eigenvalue weighted by molar-refractivity contribution is 8.00. The van der Waals surface area contributed by atoms with Crippen LogP contribution in [0.15, 0.2) is 29.2 Å². The van der Waals surface area contributed by atoms with E-state index in [0.717, 1.165) is 19.3 Å². The molecule has 1 aliphatic rings. The number of likely N-dealkylation sites (tertiary alicyclic amines) is 1. The average Bonchev–Trinajstić information content (AvgIpc) is 2.66. The smallest absolute Gasteiger partial charge is 0.316 e. The molecule has 1 fully saturated rings. The first-order valence-corrected chi connectivity index (χ1v) is 10.3. The van der Waals surface area contributed by atoms with Crippen molar-refractivity contribution in [1.29, 1.82) is 0 Å². The summed E-state index contributed by atoms with van der Waals surface area (Å²) < 4.78 is 0. The third-order valence-corrected chi connectivity index (χ3v) is 5.81. The SMILES string of the molecule is CCCC(=O)NCC1CCCN(C(=O)c2ccccc2SC(C)C(=O)O)C1. The molecule has 1 heterocycles. The van der Waals surface area contributed by atoms with Crippen LogP contribution in [0.4, 0.5) is 0 Å². The maximum absolute atomic E-state index is 13.0. The Hall–Kier alpha value is -2.02. The summed E-state index contributed by atoms with van der Waals surface area (Å²) in [5.41, 5.74) is 0.547. The molecule has 0 spiro atoms. The third-order valence-electron chi connectivity index (χ3n) is 4.64. The summed E-state index contributed by atoms with van der Waals surface area (Å²) in [5.74, 6) is -0.657. The number of hydrogen-bond acceptors (Lipinski definition) is 4. The van der Waals surface area contributed by atoms with E-state index < -0.39 is 11.2 Å². The number of aliphatic carboxylic acids is 1. The van der Waals surface area contributed by atoms with E-state index in [1.54, 1.807) is 25.1 Å². The number of benzene rings is 1. The molecule has 2 N–H and O–H groups in total. The van der Waals surface area contributed by atoms with Crippen LogP contribution in [0.1, 0.15) is 49.9 Å². The van der Waals surface area contributed by atoms with Gasteiger partial charge < -0.3 is 15.3 Å². The van der Waals surface area contributed by atoms with Crippen LogP contribution in [-0.2, 0) is 9.59 Å². The number of carbonyl (C=O) groups is 3. The van der Waals surface area contributed by atoms with E-state index in [1.165, 1.54) is 11.8 Å². The molecule has 0 radical (unpaired) electrons. The number of thioether (sulfide) groups is 1. The van der Waals surface area contributed by atoms with Crippen molar-refractivity contribution in [2.24, 2.45) is 5.92 Å². The van der Waals surface area contributed by atoms with Crippen LogP contribution >= 0.6 is 11.8 Å². The van der Waals surface area contributed by atoms with Crippen LogP contribution in [0, 0.1) is 5.92 Å². The molecule has 1 aromatic carbocycles. The molecule has 0 aromatic heterocycles. The first-order valence-electron chi connectivity index (χ1n) is 9.46. The number of hydrogen-bond donors (Lipinski definition) is 2. The zero-order valence-corrected chi connectivity index (χ0v) is 16.8. The minimum absolute atomic E-state index is 0.0605. The lowest BCUT2D eigenvalue weighted by Crippen LogP contribution is -2.43. The number of rotatable bonds is 8. The van der Waals surface area contributed by atoms with E-state index in [1.807, 2.05) is 17.9 Å². The monoisotopic (exact) mass is 392 g/mol. The van der Waals surface area contributed by atoms with E-state index in [0.29, 0.717) is 36.5 Å². The van der Waals surface area contributed by atoms with Crippen molar-refractivity contribution in [3.63, 3.8) is 0 Å². The van der Waals surface area contributed by atoms with Gasteiger partial charge in [0.05, 0.1) is 5.56 Å². The standard InChI is InChI=1S/C20H28N2O4S/c1-3-7-18(23)21-12-15-8-6-11-22(13-15)19(24)16-9-4-5-10-17(16)27-14(2)20(25)26/h4-5,9-10,14-15H,3,6-8,11-13H2,1-2H3,(H,21,23)(H,25,26). The molecule has 6 nitrogen and oxygen atoms in total. The zero-order chi connectivity index (χ0) is 19.8. The molecule has 0 saturated carbocycles. The Morgan fingerprint density at radius 2 is 2.07 bits per heavy atom. The first-order chi connectivity index (χ1) is 12.9. The fourth-order valence-electron chi connectivity index (χ4n) is 3.15. The summed E-state index contributed by atoms with van der Waals surface area (Å²) in [6.07, 6.45) is 3.25. The Morgan fingerprint density at radius 1 is 1.33 bits per heavy atom. The fraction of sp³-hybridized carbons (Fsp3) is 0.550. The molecule has 1 saturated heterocycles. The predicted molar refractivity (Wildman–Crippen MR) is 106 cm³/mol. The minimum Gasteiger partial charge on any atom is -0.480 e. The summed E-state index contributed by atoms with van der Waals surface area (Å²) in [6, 6.07) is 7.17. The van der Waals surface area contributed by atoms with Gasteiger partial charge in [0.1, 0.15) is 5.25 Å². The quantitative estimate of drug-likeness (QED) is 0.664.